The van der Waals surface area contributed by atoms with Crippen LogP contribution in [0.1, 0.15) is 88.6 Å². The standard InChI is InChI=1S/C29H39N3O6.C2H6/c1-6-24(33)11-13-37-17-23(18-38-14-12-27(34)19(2)3)32-29(36)22-8-9-25(30-16-22)21-7-10-26(31-15-21)28(35)20(4)5;1-2/h7-10,15-16,19-20,23H,6,11-14,17-18H2,1-5H3,(H,32,36);1-2H3. The highest BCUT2D eigenvalue weighted by atomic mass is 16.5. The Bertz CT molecular complexity index is 1070. The quantitative estimate of drug-likeness (QED) is 0.211. The smallest absolute Gasteiger partial charge is 0.253 e. The summed E-state index contributed by atoms with van der Waals surface area (Å²) in [6.45, 7) is 14.0. The largest absolute Gasteiger partial charge is 0.379 e. The van der Waals surface area contributed by atoms with Gasteiger partial charge in [-0.05, 0) is 24.3 Å². The topological polar surface area (TPSA) is 125 Å². The highest BCUT2D eigenvalue weighted by Gasteiger charge is 2.17. The van der Waals surface area contributed by atoms with Gasteiger partial charge in [-0.3, -0.25) is 29.1 Å². The first-order chi connectivity index (χ1) is 19.1. The van der Waals surface area contributed by atoms with Crippen LogP contribution in [0.25, 0.3) is 11.3 Å². The maximum atomic E-state index is 12.9. The molecule has 0 saturated carbocycles. The van der Waals surface area contributed by atoms with E-state index in [1.54, 1.807) is 37.4 Å². The van der Waals surface area contributed by atoms with Crippen LogP contribution in [0.5, 0.6) is 0 Å². The van der Waals surface area contributed by atoms with E-state index in [1.807, 2.05) is 41.5 Å². The number of carbonyl (C=O) groups excluding carboxylic acids is 4. The summed E-state index contributed by atoms with van der Waals surface area (Å²) in [5.41, 5.74) is 2.11. The fourth-order valence-electron chi connectivity index (χ4n) is 3.36. The predicted octanol–water partition coefficient (Wildman–Crippen LogP) is 5.12. The molecule has 0 radical (unpaired) electrons. The van der Waals surface area contributed by atoms with Crippen molar-refractivity contribution >= 4 is 23.3 Å². The normalized spacial score (nSPS) is 11.5. The first kappa shape index (κ1) is 34.7. The lowest BCUT2D eigenvalue weighted by atomic mass is 10.0. The molecule has 0 aliphatic heterocycles. The van der Waals surface area contributed by atoms with Crippen molar-refractivity contribution in [1.82, 2.24) is 15.3 Å². The number of pyridine rings is 2. The van der Waals surface area contributed by atoms with Crippen LogP contribution in [-0.4, -0.2) is 65.7 Å². The molecule has 0 aliphatic carbocycles. The zero-order valence-corrected chi connectivity index (χ0v) is 25.0. The van der Waals surface area contributed by atoms with Gasteiger partial charge < -0.3 is 14.8 Å². The second-order valence-electron chi connectivity index (χ2n) is 9.72. The van der Waals surface area contributed by atoms with Crippen LogP contribution < -0.4 is 5.32 Å². The second-order valence-corrected chi connectivity index (χ2v) is 9.72. The minimum Gasteiger partial charge on any atom is -0.379 e. The van der Waals surface area contributed by atoms with Crippen molar-refractivity contribution in [3.63, 3.8) is 0 Å². The van der Waals surface area contributed by atoms with Gasteiger partial charge in [0.05, 0.1) is 43.7 Å². The molecule has 0 bridgehead atoms. The van der Waals surface area contributed by atoms with Crippen molar-refractivity contribution in [2.45, 2.75) is 73.8 Å². The molecule has 0 aliphatic rings. The van der Waals surface area contributed by atoms with Crippen LogP contribution in [0.15, 0.2) is 36.7 Å². The number of Topliss-reactive ketones (excluding diaryl/α,β-unsaturated/α-hetero) is 3. The van der Waals surface area contributed by atoms with Crippen LogP contribution in [0.3, 0.4) is 0 Å². The Balaban J connectivity index is 0.00000391. The molecular formula is C31H45N3O6. The van der Waals surface area contributed by atoms with Gasteiger partial charge in [-0.15, -0.1) is 0 Å². The van der Waals surface area contributed by atoms with Gasteiger partial charge in [0, 0.05) is 49.1 Å². The number of ketones is 3. The average Bonchev–Trinajstić information content (AvgIpc) is 2.97. The number of amides is 1. The summed E-state index contributed by atoms with van der Waals surface area (Å²) >= 11 is 0. The van der Waals surface area contributed by atoms with E-state index < -0.39 is 6.04 Å². The molecule has 2 aromatic heterocycles. The van der Waals surface area contributed by atoms with Crippen molar-refractivity contribution in [3.05, 3.63) is 47.9 Å². The summed E-state index contributed by atoms with van der Waals surface area (Å²) in [6, 6.07) is 6.36. The molecule has 0 saturated heterocycles. The zero-order chi connectivity index (χ0) is 30.1. The highest BCUT2D eigenvalue weighted by Crippen LogP contribution is 2.17. The molecular weight excluding hydrogens is 510 g/mol. The third-order valence-electron chi connectivity index (χ3n) is 5.89. The predicted molar refractivity (Wildman–Crippen MR) is 155 cm³/mol. The van der Waals surface area contributed by atoms with E-state index in [0.717, 1.165) is 5.56 Å². The molecule has 1 amide bonds. The Morgan fingerprint density at radius 3 is 1.98 bits per heavy atom. The number of nitrogens with one attached hydrogen (secondary N) is 1. The molecule has 0 aromatic carbocycles. The molecule has 40 heavy (non-hydrogen) atoms. The lowest BCUT2D eigenvalue weighted by molar-refractivity contribution is -0.123. The Hall–Kier alpha value is -3.30. The first-order valence-electron chi connectivity index (χ1n) is 14.1. The Morgan fingerprint density at radius 1 is 0.825 bits per heavy atom. The van der Waals surface area contributed by atoms with Crippen molar-refractivity contribution < 1.29 is 28.7 Å². The molecule has 0 spiro atoms. The van der Waals surface area contributed by atoms with Crippen molar-refractivity contribution in [1.29, 1.82) is 0 Å². The van der Waals surface area contributed by atoms with Gasteiger partial charge in [0.2, 0.25) is 0 Å². The number of rotatable bonds is 17. The highest BCUT2D eigenvalue weighted by molar-refractivity contribution is 5.96. The van der Waals surface area contributed by atoms with Crippen molar-refractivity contribution in [2.75, 3.05) is 26.4 Å². The van der Waals surface area contributed by atoms with Gasteiger partial charge in [0.15, 0.2) is 5.78 Å². The molecule has 1 N–H and O–H groups in total. The van der Waals surface area contributed by atoms with Crippen molar-refractivity contribution in [2.24, 2.45) is 11.8 Å². The van der Waals surface area contributed by atoms with E-state index in [1.165, 1.54) is 6.20 Å². The maximum Gasteiger partial charge on any atom is 0.253 e. The monoisotopic (exact) mass is 555 g/mol. The fourth-order valence-corrected chi connectivity index (χ4v) is 3.36. The SMILES string of the molecule is CC.CCC(=O)CCOCC(COCCC(=O)C(C)C)NC(=O)c1ccc(-c2ccc(C(=O)C(C)C)nc2)nc1. The van der Waals surface area contributed by atoms with E-state index in [4.69, 9.17) is 9.47 Å². The van der Waals surface area contributed by atoms with Crippen LogP contribution in [0.2, 0.25) is 0 Å². The maximum absolute atomic E-state index is 12.9. The Kier molecular flexibility index (Phi) is 16.4. The number of ether oxygens (including phenoxy) is 2. The molecule has 0 fully saturated rings. The van der Waals surface area contributed by atoms with Crippen LogP contribution in [-0.2, 0) is 19.1 Å². The average molecular weight is 556 g/mol. The molecule has 2 heterocycles. The summed E-state index contributed by atoms with van der Waals surface area (Å²) < 4.78 is 11.3. The molecule has 9 heteroatoms. The molecule has 2 aromatic rings. The molecule has 1 unspecified atom stereocenters. The summed E-state index contributed by atoms with van der Waals surface area (Å²) in [4.78, 5) is 56.9. The van der Waals surface area contributed by atoms with Crippen molar-refractivity contribution in [3.8, 4) is 11.3 Å². The third kappa shape index (κ3) is 12.3. The van der Waals surface area contributed by atoms with Crippen LogP contribution in [0.4, 0.5) is 0 Å². The van der Waals surface area contributed by atoms with Gasteiger partial charge in [0.25, 0.3) is 5.91 Å². The first-order valence-corrected chi connectivity index (χ1v) is 14.1. The van der Waals surface area contributed by atoms with E-state index in [0.29, 0.717) is 36.2 Å². The number of hydrogen-bond acceptors (Lipinski definition) is 8. The minimum atomic E-state index is -0.469. The molecule has 220 valence electrons. The number of nitrogens with zero attached hydrogens (tertiary/aromatic N) is 2. The van der Waals surface area contributed by atoms with E-state index in [2.05, 4.69) is 15.3 Å². The Morgan fingerprint density at radius 2 is 1.48 bits per heavy atom. The van der Waals surface area contributed by atoms with Crippen LogP contribution >= 0.6 is 0 Å². The molecule has 2 rings (SSSR count). The summed E-state index contributed by atoms with van der Waals surface area (Å²) in [7, 11) is 0. The van der Waals surface area contributed by atoms with Crippen LogP contribution in [0, 0.1) is 11.8 Å². The Labute approximate surface area is 238 Å². The lowest BCUT2D eigenvalue weighted by Crippen LogP contribution is -2.42. The summed E-state index contributed by atoms with van der Waals surface area (Å²) in [5.74, 6) is -0.341. The summed E-state index contributed by atoms with van der Waals surface area (Å²) in [5, 5.41) is 2.89. The molecule has 1 atom stereocenters. The van der Waals surface area contributed by atoms with E-state index in [9.17, 15) is 19.2 Å². The third-order valence-corrected chi connectivity index (χ3v) is 5.89. The second kappa shape index (κ2) is 18.9. The van der Waals surface area contributed by atoms with Gasteiger partial charge in [-0.2, -0.15) is 0 Å². The van der Waals surface area contributed by atoms with Gasteiger partial charge in [-0.25, -0.2) is 0 Å². The number of carbonyl (C=O) groups is 4. The minimum absolute atomic E-state index is 0.0254. The zero-order valence-electron chi connectivity index (χ0n) is 25.0. The number of hydrogen-bond donors (Lipinski definition) is 1. The van der Waals surface area contributed by atoms with Gasteiger partial charge in [0.1, 0.15) is 17.3 Å². The van der Waals surface area contributed by atoms with Gasteiger partial charge in [-0.1, -0.05) is 48.5 Å². The number of aromatic nitrogens is 2. The fraction of sp³-hybridized carbons (Fsp3) is 0.548. The van der Waals surface area contributed by atoms with E-state index in [-0.39, 0.29) is 61.5 Å². The van der Waals surface area contributed by atoms with Gasteiger partial charge >= 0.3 is 0 Å². The molecule has 9 nitrogen and oxygen atoms in total. The van der Waals surface area contributed by atoms with E-state index >= 15 is 0 Å². The lowest BCUT2D eigenvalue weighted by Gasteiger charge is -2.19. The summed E-state index contributed by atoms with van der Waals surface area (Å²) in [6.07, 6.45) is 4.13.